The fourth-order valence-electron chi connectivity index (χ4n) is 2.81. The topological polar surface area (TPSA) is 23.6 Å². The molecule has 5 heteroatoms. The number of thiol groups is 1. The molecule has 1 amide bonds. The molecule has 20 heavy (non-hydrogen) atoms. The predicted octanol–water partition coefficient (Wildman–Crippen LogP) is 2.67. The summed E-state index contributed by atoms with van der Waals surface area (Å²) in [5.74, 6) is -0.702. The molecule has 110 valence electrons. The van der Waals surface area contributed by atoms with Gasteiger partial charge < -0.3 is 4.90 Å². The normalized spacial score (nSPS) is 18.9. The number of halogens is 1. The molecular weight excluding hydrogens is 275 g/mol. The Bertz CT molecular complexity index is 491. The lowest BCUT2D eigenvalue weighted by Crippen LogP contribution is -2.38. The lowest BCUT2D eigenvalue weighted by molar-refractivity contribution is 0.0773. The Labute approximate surface area is 125 Å². The molecule has 0 saturated carbocycles. The van der Waals surface area contributed by atoms with Gasteiger partial charge in [-0.1, -0.05) is 13.8 Å². The number of nitrogens with zero attached hydrogens (tertiary/aromatic N) is 2. The molecule has 1 fully saturated rings. The first-order chi connectivity index (χ1) is 9.56. The number of carbonyl (C=O) groups excluding carboxylic acids is 1. The van der Waals surface area contributed by atoms with Crippen molar-refractivity contribution in [1.82, 2.24) is 9.80 Å². The third-order valence-corrected chi connectivity index (χ3v) is 4.24. The number of benzene rings is 1. The predicted molar refractivity (Wildman–Crippen MR) is 80.9 cm³/mol. The lowest BCUT2D eigenvalue weighted by Gasteiger charge is -2.26. The van der Waals surface area contributed by atoms with Crippen LogP contribution in [-0.4, -0.2) is 47.9 Å². The fraction of sp³-hybridized carbons (Fsp3) is 0.533. The van der Waals surface area contributed by atoms with Crippen molar-refractivity contribution < 1.29 is 9.18 Å². The maximum atomic E-state index is 13.8. The summed E-state index contributed by atoms with van der Waals surface area (Å²) in [6, 6.07) is 4.74. The maximum absolute atomic E-state index is 13.8. The van der Waals surface area contributed by atoms with Crippen LogP contribution < -0.4 is 0 Å². The first-order valence-corrected chi connectivity index (χ1v) is 7.53. The molecule has 1 saturated heterocycles. The van der Waals surface area contributed by atoms with Crippen LogP contribution in [0, 0.1) is 5.82 Å². The van der Waals surface area contributed by atoms with Crippen LogP contribution in [-0.2, 0) is 0 Å². The maximum Gasteiger partial charge on any atom is 0.256 e. The fourth-order valence-corrected chi connectivity index (χ4v) is 3.02. The highest BCUT2D eigenvalue weighted by Gasteiger charge is 2.30. The van der Waals surface area contributed by atoms with E-state index in [1.165, 1.54) is 12.1 Å². The summed E-state index contributed by atoms with van der Waals surface area (Å²) in [6.45, 7) is 7.57. The summed E-state index contributed by atoms with van der Waals surface area (Å²) in [5, 5.41) is 0. The highest BCUT2D eigenvalue weighted by molar-refractivity contribution is 7.80. The highest BCUT2D eigenvalue weighted by Crippen LogP contribution is 2.21. The van der Waals surface area contributed by atoms with Gasteiger partial charge in [0.05, 0.1) is 5.56 Å². The largest absolute Gasteiger partial charge is 0.337 e. The van der Waals surface area contributed by atoms with E-state index in [0.717, 1.165) is 19.5 Å². The van der Waals surface area contributed by atoms with Gasteiger partial charge in [-0.05, 0) is 37.7 Å². The summed E-state index contributed by atoms with van der Waals surface area (Å²) in [4.78, 5) is 17.1. The molecule has 1 aromatic carbocycles. The molecule has 2 rings (SSSR count). The van der Waals surface area contributed by atoms with Gasteiger partial charge in [0.1, 0.15) is 5.82 Å². The van der Waals surface area contributed by atoms with Crippen LogP contribution in [0.4, 0.5) is 4.39 Å². The molecule has 1 heterocycles. The van der Waals surface area contributed by atoms with Crippen molar-refractivity contribution in [2.75, 3.05) is 26.2 Å². The second-order valence-corrected chi connectivity index (χ2v) is 5.60. The smallest absolute Gasteiger partial charge is 0.256 e. The van der Waals surface area contributed by atoms with Crippen LogP contribution in [0.5, 0.6) is 0 Å². The Balaban J connectivity index is 2.10. The zero-order valence-electron chi connectivity index (χ0n) is 12.0. The number of amides is 1. The second kappa shape index (κ2) is 6.59. The number of carbonyl (C=O) groups is 1. The molecule has 0 bridgehead atoms. The molecule has 1 aliphatic heterocycles. The van der Waals surface area contributed by atoms with Crippen LogP contribution in [0.15, 0.2) is 23.1 Å². The Morgan fingerprint density at radius 1 is 1.45 bits per heavy atom. The quantitative estimate of drug-likeness (QED) is 0.864. The third kappa shape index (κ3) is 3.15. The van der Waals surface area contributed by atoms with Gasteiger partial charge in [-0.25, -0.2) is 4.39 Å². The molecule has 1 aliphatic rings. The molecule has 1 aromatic rings. The average Bonchev–Trinajstić information content (AvgIpc) is 2.92. The van der Waals surface area contributed by atoms with Crippen molar-refractivity contribution in [3.63, 3.8) is 0 Å². The Morgan fingerprint density at radius 2 is 2.15 bits per heavy atom. The number of hydrogen-bond donors (Lipinski definition) is 1. The molecule has 0 aromatic heterocycles. The highest BCUT2D eigenvalue weighted by atomic mass is 32.1. The van der Waals surface area contributed by atoms with Crippen LogP contribution in [0.3, 0.4) is 0 Å². The van der Waals surface area contributed by atoms with Gasteiger partial charge in [0.25, 0.3) is 5.91 Å². The van der Waals surface area contributed by atoms with Crippen molar-refractivity contribution in [1.29, 1.82) is 0 Å². The van der Waals surface area contributed by atoms with E-state index in [4.69, 9.17) is 0 Å². The van der Waals surface area contributed by atoms with Gasteiger partial charge >= 0.3 is 0 Å². The van der Waals surface area contributed by atoms with Gasteiger partial charge in [0, 0.05) is 24.0 Å². The number of hydrogen-bond acceptors (Lipinski definition) is 3. The van der Waals surface area contributed by atoms with Crippen LogP contribution in [0.25, 0.3) is 0 Å². The first kappa shape index (κ1) is 15.3. The van der Waals surface area contributed by atoms with Gasteiger partial charge in [0.15, 0.2) is 0 Å². The van der Waals surface area contributed by atoms with Gasteiger partial charge in [-0.2, -0.15) is 0 Å². The van der Waals surface area contributed by atoms with Crippen LogP contribution in [0.2, 0.25) is 0 Å². The Hall–Kier alpha value is -1.07. The van der Waals surface area contributed by atoms with E-state index in [1.54, 1.807) is 11.0 Å². The summed E-state index contributed by atoms with van der Waals surface area (Å²) in [7, 11) is 0. The molecule has 0 spiro atoms. The van der Waals surface area contributed by atoms with E-state index in [-0.39, 0.29) is 11.5 Å². The number of rotatable bonds is 4. The van der Waals surface area contributed by atoms with E-state index in [2.05, 4.69) is 31.4 Å². The zero-order valence-corrected chi connectivity index (χ0v) is 12.9. The monoisotopic (exact) mass is 296 g/mol. The summed E-state index contributed by atoms with van der Waals surface area (Å²) in [5.41, 5.74) is 0.123. The Morgan fingerprint density at radius 3 is 2.80 bits per heavy atom. The van der Waals surface area contributed by atoms with Crippen LogP contribution >= 0.6 is 12.6 Å². The summed E-state index contributed by atoms with van der Waals surface area (Å²) in [6.07, 6.45) is 0.954. The van der Waals surface area contributed by atoms with Gasteiger partial charge in [-0.3, -0.25) is 9.69 Å². The lowest BCUT2D eigenvalue weighted by atomic mass is 10.2. The van der Waals surface area contributed by atoms with Crippen molar-refractivity contribution in [3.8, 4) is 0 Å². The molecule has 1 atom stereocenters. The standard InChI is InChI=1S/C15H21FN2OS/c1-3-17(4-2)11-7-8-18(10-11)15(19)13-9-12(20)5-6-14(13)16/h5-6,9,11,20H,3-4,7-8,10H2,1-2H3. The minimum atomic E-state index is -0.473. The van der Waals surface area contributed by atoms with Gasteiger partial charge in [-0.15, -0.1) is 12.6 Å². The van der Waals surface area contributed by atoms with E-state index in [9.17, 15) is 9.18 Å². The number of likely N-dealkylation sites (N-methyl/N-ethyl adjacent to an activating group) is 1. The minimum Gasteiger partial charge on any atom is -0.337 e. The molecule has 1 unspecified atom stereocenters. The van der Waals surface area contributed by atoms with E-state index in [1.807, 2.05) is 0 Å². The molecule has 3 nitrogen and oxygen atoms in total. The van der Waals surface area contributed by atoms with Crippen molar-refractivity contribution >= 4 is 18.5 Å². The first-order valence-electron chi connectivity index (χ1n) is 7.08. The summed E-state index contributed by atoms with van der Waals surface area (Å²) < 4.78 is 13.8. The van der Waals surface area contributed by atoms with Gasteiger partial charge in [0.2, 0.25) is 0 Å². The third-order valence-electron chi connectivity index (χ3n) is 3.96. The molecular formula is C15H21FN2OS. The Kier molecular flexibility index (Phi) is 5.05. The SMILES string of the molecule is CCN(CC)C1CCN(C(=O)c2cc(S)ccc2F)C1. The zero-order chi connectivity index (χ0) is 14.7. The van der Waals surface area contributed by atoms with E-state index < -0.39 is 5.82 Å². The molecule has 0 radical (unpaired) electrons. The van der Waals surface area contributed by atoms with Crippen molar-refractivity contribution in [3.05, 3.63) is 29.6 Å². The van der Waals surface area contributed by atoms with Crippen molar-refractivity contribution in [2.24, 2.45) is 0 Å². The van der Waals surface area contributed by atoms with Crippen LogP contribution in [0.1, 0.15) is 30.6 Å². The minimum absolute atomic E-state index is 0.123. The summed E-state index contributed by atoms with van der Waals surface area (Å²) >= 11 is 4.17. The van der Waals surface area contributed by atoms with E-state index >= 15 is 0 Å². The average molecular weight is 296 g/mol. The molecule has 0 N–H and O–H groups in total. The number of likely N-dealkylation sites (tertiary alicyclic amines) is 1. The molecule has 0 aliphatic carbocycles. The van der Waals surface area contributed by atoms with E-state index in [0.29, 0.717) is 24.0 Å². The second-order valence-electron chi connectivity index (χ2n) is 5.08. The van der Waals surface area contributed by atoms with Crippen molar-refractivity contribution in [2.45, 2.75) is 31.2 Å².